The Morgan fingerprint density at radius 2 is 1.96 bits per heavy atom. The molecule has 0 bridgehead atoms. The number of ether oxygens (including phenoxy) is 1. The van der Waals surface area contributed by atoms with Gasteiger partial charge in [0.15, 0.2) is 0 Å². The van der Waals surface area contributed by atoms with Gasteiger partial charge in [-0.2, -0.15) is 0 Å². The first-order chi connectivity index (χ1) is 13.4. The van der Waals surface area contributed by atoms with Gasteiger partial charge in [0.25, 0.3) is 0 Å². The molecule has 28 heavy (non-hydrogen) atoms. The Morgan fingerprint density at radius 3 is 2.68 bits per heavy atom. The van der Waals surface area contributed by atoms with Crippen LogP contribution in [0.5, 0.6) is 0 Å². The summed E-state index contributed by atoms with van der Waals surface area (Å²) in [4.78, 5) is 33.9. The van der Waals surface area contributed by atoms with Crippen molar-refractivity contribution < 1.29 is 14.3 Å². The Bertz CT molecular complexity index is 821. The number of thiazole rings is 1. The molecule has 0 N–H and O–H groups in total. The maximum Gasteiger partial charge on any atom is 0.409 e. The van der Waals surface area contributed by atoms with E-state index in [1.165, 1.54) is 22.7 Å². The van der Waals surface area contributed by atoms with Crippen LogP contribution in [0.1, 0.15) is 26.0 Å². The summed E-state index contributed by atoms with van der Waals surface area (Å²) >= 11 is 8.99. The third-order valence-electron chi connectivity index (χ3n) is 4.32. The Morgan fingerprint density at radius 1 is 1.21 bits per heavy atom. The van der Waals surface area contributed by atoms with Crippen LogP contribution in [0.25, 0.3) is 9.88 Å². The summed E-state index contributed by atoms with van der Waals surface area (Å²) in [5, 5.41) is 2.81. The number of carbonyl (C=O) groups excluding carboxylic acids is 2. The quantitative estimate of drug-likeness (QED) is 0.690. The molecule has 1 aliphatic rings. The van der Waals surface area contributed by atoms with Crippen molar-refractivity contribution in [3.05, 3.63) is 27.5 Å². The number of thiophene rings is 1. The van der Waals surface area contributed by atoms with E-state index in [1.807, 2.05) is 36.3 Å². The van der Waals surface area contributed by atoms with Crippen molar-refractivity contribution >= 4 is 46.3 Å². The summed E-state index contributed by atoms with van der Waals surface area (Å²) in [6, 6.07) is 3.79. The third-order valence-corrected chi connectivity index (χ3v) is 6.61. The van der Waals surface area contributed by atoms with E-state index in [0.717, 1.165) is 26.3 Å². The first-order valence-electron chi connectivity index (χ1n) is 9.32. The smallest absolute Gasteiger partial charge is 0.409 e. The predicted molar refractivity (Wildman–Crippen MR) is 113 cm³/mol. The van der Waals surface area contributed by atoms with Gasteiger partial charge in [0.2, 0.25) is 5.91 Å². The molecular formula is C19H24ClN3O3S2. The molecular weight excluding hydrogens is 418 g/mol. The van der Waals surface area contributed by atoms with E-state index in [2.05, 4.69) is 4.98 Å². The highest BCUT2D eigenvalue weighted by Gasteiger charge is 2.23. The van der Waals surface area contributed by atoms with E-state index in [0.29, 0.717) is 38.7 Å². The van der Waals surface area contributed by atoms with E-state index in [-0.39, 0.29) is 18.4 Å². The van der Waals surface area contributed by atoms with Gasteiger partial charge < -0.3 is 14.5 Å². The molecule has 1 aliphatic heterocycles. The van der Waals surface area contributed by atoms with Crippen LogP contribution >= 0.6 is 34.3 Å². The highest BCUT2D eigenvalue weighted by Crippen LogP contribution is 2.33. The van der Waals surface area contributed by atoms with Crippen molar-refractivity contribution in [2.24, 2.45) is 5.92 Å². The summed E-state index contributed by atoms with van der Waals surface area (Å²) in [5.74, 6) is 0.348. The van der Waals surface area contributed by atoms with E-state index in [1.54, 1.807) is 4.90 Å². The van der Waals surface area contributed by atoms with Crippen LogP contribution in [0, 0.1) is 5.92 Å². The molecule has 152 valence electrons. The number of hydrogen-bond donors (Lipinski definition) is 0. The van der Waals surface area contributed by atoms with Crippen LogP contribution in [0.2, 0.25) is 4.34 Å². The Balaban J connectivity index is 1.52. The SMILES string of the molecule is CC(C)COC(=O)N1CCCN(C(=O)Cc2csc(-c3ccc(Cl)s3)n2)CC1. The number of nitrogens with zero attached hydrogens (tertiary/aromatic N) is 3. The zero-order valence-electron chi connectivity index (χ0n) is 16.0. The zero-order valence-corrected chi connectivity index (χ0v) is 18.4. The van der Waals surface area contributed by atoms with Crippen molar-refractivity contribution in [2.45, 2.75) is 26.7 Å². The van der Waals surface area contributed by atoms with Crippen molar-refractivity contribution in [3.8, 4) is 9.88 Å². The van der Waals surface area contributed by atoms with Crippen molar-refractivity contribution in [3.63, 3.8) is 0 Å². The molecule has 3 heterocycles. The summed E-state index contributed by atoms with van der Waals surface area (Å²) in [6.07, 6.45) is 0.730. The predicted octanol–water partition coefficient (Wildman–Crippen LogP) is 4.39. The standard InChI is InChI=1S/C19H24ClN3O3S2/c1-13(2)11-26-19(25)23-7-3-6-22(8-9-23)17(24)10-14-12-27-18(21-14)15-4-5-16(20)28-15/h4-5,12-13H,3,6-11H2,1-2H3. The van der Waals surface area contributed by atoms with Crippen LogP contribution < -0.4 is 0 Å². The molecule has 0 atom stereocenters. The summed E-state index contributed by atoms with van der Waals surface area (Å²) < 4.78 is 6.03. The molecule has 1 saturated heterocycles. The number of rotatable bonds is 5. The number of amides is 2. The average Bonchev–Trinajstić information content (AvgIpc) is 3.21. The van der Waals surface area contributed by atoms with Crippen molar-refractivity contribution in [1.82, 2.24) is 14.8 Å². The Kier molecular flexibility index (Phi) is 7.31. The average molecular weight is 442 g/mol. The zero-order chi connectivity index (χ0) is 20.1. The fraction of sp³-hybridized carbons (Fsp3) is 0.526. The fourth-order valence-electron chi connectivity index (χ4n) is 2.88. The number of halogens is 1. The fourth-order valence-corrected chi connectivity index (χ4v) is 4.81. The van der Waals surface area contributed by atoms with Gasteiger partial charge in [-0.05, 0) is 24.5 Å². The second-order valence-electron chi connectivity index (χ2n) is 7.12. The summed E-state index contributed by atoms with van der Waals surface area (Å²) in [5.41, 5.74) is 0.770. The van der Waals surface area contributed by atoms with E-state index in [9.17, 15) is 9.59 Å². The van der Waals surface area contributed by atoms with Crippen LogP contribution in [-0.4, -0.2) is 59.6 Å². The first kappa shape index (κ1) is 21.1. The van der Waals surface area contributed by atoms with Crippen LogP contribution in [0.15, 0.2) is 17.5 Å². The molecule has 0 radical (unpaired) electrons. The molecule has 0 aromatic carbocycles. The van der Waals surface area contributed by atoms with Crippen LogP contribution in [0.3, 0.4) is 0 Å². The molecule has 9 heteroatoms. The lowest BCUT2D eigenvalue weighted by Crippen LogP contribution is -2.38. The molecule has 1 fully saturated rings. The number of aromatic nitrogens is 1. The second-order valence-corrected chi connectivity index (χ2v) is 9.69. The van der Waals surface area contributed by atoms with Gasteiger partial charge in [-0.1, -0.05) is 25.4 Å². The molecule has 3 rings (SSSR count). The van der Waals surface area contributed by atoms with Gasteiger partial charge in [-0.3, -0.25) is 4.79 Å². The summed E-state index contributed by atoms with van der Waals surface area (Å²) in [6.45, 7) is 6.70. The van der Waals surface area contributed by atoms with Gasteiger partial charge in [0, 0.05) is 31.6 Å². The molecule has 0 saturated carbocycles. The minimum atomic E-state index is -0.290. The van der Waals surface area contributed by atoms with Crippen LogP contribution in [-0.2, 0) is 16.0 Å². The second kappa shape index (κ2) is 9.71. The molecule has 2 aromatic heterocycles. The van der Waals surface area contributed by atoms with E-state index >= 15 is 0 Å². The molecule has 6 nitrogen and oxygen atoms in total. The van der Waals surface area contributed by atoms with Gasteiger partial charge in [0.05, 0.1) is 27.9 Å². The maximum absolute atomic E-state index is 12.7. The monoisotopic (exact) mass is 441 g/mol. The first-order valence-corrected chi connectivity index (χ1v) is 11.4. The molecule has 0 unspecified atom stereocenters. The van der Waals surface area contributed by atoms with E-state index < -0.39 is 0 Å². The minimum Gasteiger partial charge on any atom is -0.449 e. The summed E-state index contributed by atoms with van der Waals surface area (Å²) in [7, 11) is 0. The molecule has 2 aromatic rings. The molecule has 2 amide bonds. The topological polar surface area (TPSA) is 62.7 Å². The normalized spacial score (nSPS) is 15.0. The lowest BCUT2D eigenvalue weighted by molar-refractivity contribution is -0.130. The van der Waals surface area contributed by atoms with E-state index in [4.69, 9.17) is 16.3 Å². The van der Waals surface area contributed by atoms with Crippen LogP contribution in [0.4, 0.5) is 4.79 Å². The lowest BCUT2D eigenvalue weighted by atomic mass is 10.2. The van der Waals surface area contributed by atoms with Gasteiger partial charge >= 0.3 is 6.09 Å². The minimum absolute atomic E-state index is 0.0402. The molecule has 0 aliphatic carbocycles. The number of hydrogen-bond acceptors (Lipinski definition) is 6. The largest absolute Gasteiger partial charge is 0.449 e. The van der Waals surface area contributed by atoms with Crippen molar-refractivity contribution in [2.75, 3.05) is 32.8 Å². The maximum atomic E-state index is 12.7. The van der Waals surface area contributed by atoms with Crippen molar-refractivity contribution in [1.29, 1.82) is 0 Å². The lowest BCUT2D eigenvalue weighted by Gasteiger charge is -2.22. The highest BCUT2D eigenvalue weighted by molar-refractivity contribution is 7.23. The third kappa shape index (κ3) is 5.68. The van der Waals surface area contributed by atoms with Gasteiger partial charge in [0.1, 0.15) is 5.01 Å². The van der Waals surface area contributed by atoms with Gasteiger partial charge in [-0.15, -0.1) is 22.7 Å². The number of carbonyl (C=O) groups is 2. The molecule has 0 spiro atoms. The van der Waals surface area contributed by atoms with Gasteiger partial charge in [-0.25, -0.2) is 9.78 Å². The highest BCUT2D eigenvalue weighted by atomic mass is 35.5. The Labute approximate surface area is 178 Å². The Hall–Kier alpha value is -1.64.